The van der Waals surface area contributed by atoms with E-state index >= 15 is 0 Å². The molecule has 0 amide bonds. The van der Waals surface area contributed by atoms with Gasteiger partial charge in [-0.15, -0.1) is 0 Å². The Balaban J connectivity index is 2.17. The predicted molar refractivity (Wildman–Crippen MR) is 72.1 cm³/mol. The van der Waals surface area contributed by atoms with Gasteiger partial charge in [0.05, 0.1) is 6.61 Å². The molecule has 2 nitrogen and oxygen atoms in total. The molecule has 3 rings (SSSR count). The molecule has 0 aromatic heterocycles. The summed E-state index contributed by atoms with van der Waals surface area (Å²) in [6, 6.07) is 11.7. The van der Waals surface area contributed by atoms with Gasteiger partial charge in [0, 0.05) is 5.56 Å². The van der Waals surface area contributed by atoms with E-state index in [9.17, 15) is 5.11 Å². The minimum atomic E-state index is 0.317. The van der Waals surface area contributed by atoms with Crippen LogP contribution < -0.4 is 4.74 Å². The van der Waals surface area contributed by atoms with Crippen molar-refractivity contribution in [3.05, 3.63) is 47.5 Å². The number of rotatable bonds is 1. The number of phenolic OH excluding ortho intramolecular Hbond substituents is 1. The molecule has 2 aromatic rings. The molecule has 0 bridgehead atoms. The highest BCUT2D eigenvalue weighted by Gasteiger charge is 2.16. The molecule has 1 aliphatic rings. The zero-order valence-electron chi connectivity index (χ0n) is 10.4. The van der Waals surface area contributed by atoms with Crippen LogP contribution >= 0.6 is 0 Å². The van der Waals surface area contributed by atoms with Crippen molar-refractivity contribution in [3.8, 4) is 22.6 Å². The van der Waals surface area contributed by atoms with Crippen molar-refractivity contribution in [2.45, 2.75) is 19.8 Å². The molecule has 0 spiro atoms. The van der Waals surface area contributed by atoms with Gasteiger partial charge in [0.1, 0.15) is 11.5 Å². The topological polar surface area (TPSA) is 29.5 Å². The summed E-state index contributed by atoms with van der Waals surface area (Å²) >= 11 is 0. The van der Waals surface area contributed by atoms with Crippen LogP contribution in [0.25, 0.3) is 11.1 Å². The maximum absolute atomic E-state index is 9.50. The van der Waals surface area contributed by atoms with Gasteiger partial charge in [0.25, 0.3) is 0 Å². The highest BCUT2D eigenvalue weighted by Crippen LogP contribution is 2.36. The van der Waals surface area contributed by atoms with E-state index in [1.165, 1.54) is 16.7 Å². The van der Waals surface area contributed by atoms with Gasteiger partial charge in [-0.3, -0.25) is 0 Å². The van der Waals surface area contributed by atoms with Gasteiger partial charge in [0.2, 0.25) is 0 Å². The van der Waals surface area contributed by atoms with Crippen LogP contribution in [-0.2, 0) is 6.42 Å². The van der Waals surface area contributed by atoms with Gasteiger partial charge in [0.15, 0.2) is 0 Å². The lowest BCUT2D eigenvalue weighted by molar-refractivity contribution is 0.289. The molecule has 0 atom stereocenters. The first-order chi connectivity index (χ1) is 8.75. The number of aromatic hydroxyl groups is 1. The zero-order chi connectivity index (χ0) is 12.5. The van der Waals surface area contributed by atoms with Gasteiger partial charge in [-0.2, -0.15) is 0 Å². The average molecular weight is 240 g/mol. The van der Waals surface area contributed by atoms with Crippen LogP contribution in [-0.4, -0.2) is 11.7 Å². The molecule has 0 unspecified atom stereocenters. The zero-order valence-corrected chi connectivity index (χ0v) is 10.4. The summed E-state index contributed by atoms with van der Waals surface area (Å²) < 4.78 is 5.70. The van der Waals surface area contributed by atoms with Gasteiger partial charge < -0.3 is 9.84 Å². The first-order valence-electron chi connectivity index (χ1n) is 6.30. The molecule has 92 valence electrons. The van der Waals surface area contributed by atoms with Crippen molar-refractivity contribution < 1.29 is 9.84 Å². The number of hydrogen-bond acceptors (Lipinski definition) is 2. The second-order valence-electron chi connectivity index (χ2n) is 4.73. The maximum atomic E-state index is 9.50. The molecule has 0 fully saturated rings. The minimum Gasteiger partial charge on any atom is -0.508 e. The number of benzene rings is 2. The molecule has 0 aliphatic carbocycles. The molecule has 1 N–H and O–H groups in total. The summed E-state index contributed by atoms with van der Waals surface area (Å²) in [4.78, 5) is 0. The monoisotopic (exact) mass is 240 g/mol. The molecule has 2 heteroatoms. The Morgan fingerprint density at radius 2 is 2.00 bits per heavy atom. The third-order valence-electron chi connectivity index (χ3n) is 3.46. The Labute approximate surface area is 107 Å². The van der Waals surface area contributed by atoms with Crippen molar-refractivity contribution in [2.75, 3.05) is 6.61 Å². The molecule has 0 saturated carbocycles. The largest absolute Gasteiger partial charge is 0.508 e. The highest BCUT2D eigenvalue weighted by molar-refractivity contribution is 5.73. The van der Waals surface area contributed by atoms with E-state index in [2.05, 4.69) is 6.07 Å². The van der Waals surface area contributed by atoms with Crippen molar-refractivity contribution >= 4 is 0 Å². The molecule has 0 radical (unpaired) electrons. The molecule has 1 heterocycles. The van der Waals surface area contributed by atoms with E-state index < -0.39 is 0 Å². The summed E-state index contributed by atoms with van der Waals surface area (Å²) in [7, 11) is 0. The summed E-state index contributed by atoms with van der Waals surface area (Å²) in [5, 5.41) is 9.50. The molecule has 1 aliphatic heterocycles. The lowest BCUT2D eigenvalue weighted by atomic mass is 9.92. The Morgan fingerprint density at radius 3 is 2.83 bits per heavy atom. The van der Waals surface area contributed by atoms with Gasteiger partial charge in [-0.25, -0.2) is 0 Å². The number of aryl methyl sites for hydroxylation is 1. The van der Waals surface area contributed by atoms with Crippen molar-refractivity contribution in [3.63, 3.8) is 0 Å². The first kappa shape index (κ1) is 11.1. The van der Waals surface area contributed by atoms with Crippen molar-refractivity contribution in [1.29, 1.82) is 0 Å². The SMILES string of the molecule is Cc1cc(O)ccc1-c1cccc2c1CCCO2. The Hall–Kier alpha value is -1.96. The van der Waals surface area contributed by atoms with E-state index in [1.54, 1.807) is 12.1 Å². The third-order valence-corrected chi connectivity index (χ3v) is 3.46. The maximum Gasteiger partial charge on any atom is 0.123 e. The van der Waals surface area contributed by atoms with E-state index in [-0.39, 0.29) is 0 Å². The lowest BCUT2D eigenvalue weighted by Crippen LogP contribution is -2.09. The lowest BCUT2D eigenvalue weighted by Gasteiger charge is -2.21. The highest BCUT2D eigenvalue weighted by atomic mass is 16.5. The van der Waals surface area contributed by atoms with Crippen LogP contribution in [0.3, 0.4) is 0 Å². The van der Waals surface area contributed by atoms with Crippen LogP contribution in [0.4, 0.5) is 0 Å². The molecule has 2 aromatic carbocycles. The smallest absolute Gasteiger partial charge is 0.123 e. The fraction of sp³-hybridized carbons (Fsp3) is 0.250. The van der Waals surface area contributed by atoms with E-state index in [0.717, 1.165) is 30.8 Å². The number of hydrogen-bond donors (Lipinski definition) is 1. The first-order valence-corrected chi connectivity index (χ1v) is 6.30. The van der Waals surface area contributed by atoms with Crippen LogP contribution in [0.15, 0.2) is 36.4 Å². The summed E-state index contributed by atoms with van der Waals surface area (Å²) in [5.41, 5.74) is 4.78. The molecular formula is C16H16O2. The van der Waals surface area contributed by atoms with E-state index in [0.29, 0.717) is 5.75 Å². The third kappa shape index (κ3) is 1.84. The van der Waals surface area contributed by atoms with Crippen LogP contribution in [0.2, 0.25) is 0 Å². The fourth-order valence-electron chi connectivity index (χ4n) is 2.59. The summed E-state index contributed by atoms with van der Waals surface area (Å²) in [6.07, 6.45) is 2.13. The minimum absolute atomic E-state index is 0.317. The van der Waals surface area contributed by atoms with Gasteiger partial charge in [-0.05, 0) is 54.7 Å². The Kier molecular flexibility index (Phi) is 2.71. The van der Waals surface area contributed by atoms with Crippen LogP contribution in [0.5, 0.6) is 11.5 Å². The van der Waals surface area contributed by atoms with Gasteiger partial charge >= 0.3 is 0 Å². The normalized spacial score (nSPS) is 13.8. The Bertz CT molecular complexity index is 588. The van der Waals surface area contributed by atoms with Crippen molar-refractivity contribution in [1.82, 2.24) is 0 Å². The molecular weight excluding hydrogens is 224 g/mol. The van der Waals surface area contributed by atoms with Gasteiger partial charge in [-0.1, -0.05) is 18.2 Å². The van der Waals surface area contributed by atoms with Crippen molar-refractivity contribution in [2.24, 2.45) is 0 Å². The number of fused-ring (bicyclic) bond motifs is 1. The standard InChI is InChI=1S/C16H16O2/c1-11-10-12(17)7-8-13(11)14-4-2-6-16-15(14)5-3-9-18-16/h2,4,6-8,10,17H,3,5,9H2,1H3. The fourth-order valence-corrected chi connectivity index (χ4v) is 2.59. The second-order valence-corrected chi connectivity index (χ2v) is 4.73. The van der Waals surface area contributed by atoms with Crippen LogP contribution in [0, 0.1) is 6.92 Å². The number of ether oxygens (including phenoxy) is 1. The second kappa shape index (κ2) is 4.37. The van der Waals surface area contributed by atoms with Crippen LogP contribution in [0.1, 0.15) is 17.5 Å². The Morgan fingerprint density at radius 1 is 1.11 bits per heavy atom. The summed E-state index contributed by atoms with van der Waals surface area (Å²) in [5.74, 6) is 1.32. The number of phenols is 1. The molecule has 18 heavy (non-hydrogen) atoms. The quantitative estimate of drug-likeness (QED) is 0.823. The summed E-state index contributed by atoms with van der Waals surface area (Å²) in [6.45, 7) is 2.84. The van der Waals surface area contributed by atoms with E-state index in [1.807, 2.05) is 25.1 Å². The van der Waals surface area contributed by atoms with E-state index in [4.69, 9.17) is 4.74 Å². The predicted octanol–water partition coefficient (Wildman–Crippen LogP) is 3.69. The average Bonchev–Trinajstić information content (AvgIpc) is 2.38. The molecule has 0 saturated heterocycles.